The van der Waals surface area contributed by atoms with E-state index >= 15 is 0 Å². The van der Waals surface area contributed by atoms with Gasteiger partial charge in [0.2, 0.25) is 10.0 Å². The third kappa shape index (κ3) is 4.16. The molecule has 3 rings (SSSR count). The Morgan fingerprint density at radius 1 is 0.963 bits per heavy atom. The molecule has 1 aliphatic rings. The number of rotatable bonds is 3. The molecule has 0 bridgehead atoms. The quantitative estimate of drug-likeness (QED) is 0.784. The van der Waals surface area contributed by atoms with E-state index in [1.54, 1.807) is 0 Å². The molecule has 1 aromatic carbocycles. The van der Waals surface area contributed by atoms with Gasteiger partial charge in [0.15, 0.2) is 0 Å². The zero-order valence-electron chi connectivity index (χ0n) is 13.6. The van der Waals surface area contributed by atoms with Gasteiger partial charge < -0.3 is 0 Å². The van der Waals surface area contributed by atoms with Crippen LogP contribution in [0.3, 0.4) is 0 Å². The van der Waals surface area contributed by atoms with E-state index in [0.717, 1.165) is 36.5 Å². The van der Waals surface area contributed by atoms with E-state index < -0.39 is 40.5 Å². The average Bonchev–Trinajstić information content (AvgIpc) is 2.89. The van der Waals surface area contributed by atoms with Crippen molar-refractivity contribution >= 4 is 21.2 Å². The van der Waals surface area contributed by atoms with Crippen LogP contribution in [0.25, 0.3) is 11.1 Å². The zero-order valence-corrected chi connectivity index (χ0v) is 14.4. The number of benzene rings is 1. The number of halogens is 5. The second-order valence-corrected chi connectivity index (χ2v) is 7.73. The number of primary sulfonamides is 1. The lowest BCUT2D eigenvalue weighted by Crippen LogP contribution is -2.12. The molecule has 0 unspecified atom stereocenters. The Morgan fingerprint density at radius 3 is 2.04 bits per heavy atom. The summed E-state index contributed by atoms with van der Waals surface area (Å²) in [5.74, 6) is -3.08. The monoisotopic (exact) mass is 404 g/mol. The normalized spacial score (nSPS) is 17.4. The number of nitrogens with two attached hydrogens (primary N) is 1. The summed E-state index contributed by atoms with van der Waals surface area (Å²) >= 11 is 0. The second kappa shape index (κ2) is 6.38. The molecular formula is C17H13F5N2O2S. The van der Waals surface area contributed by atoms with Crippen molar-refractivity contribution in [2.45, 2.75) is 29.8 Å². The van der Waals surface area contributed by atoms with E-state index in [1.165, 1.54) is 6.07 Å². The summed E-state index contributed by atoms with van der Waals surface area (Å²) in [4.78, 5) is 3.62. The highest BCUT2D eigenvalue weighted by atomic mass is 32.2. The van der Waals surface area contributed by atoms with E-state index in [2.05, 4.69) is 4.98 Å². The van der Waals surface area contributed by atoms with Gasteiger partial charge in [-0.05, 0) is 41.0 Å². The van der Waals surface area contributed by atoms with E-state index in [-0.39, 0.29) is 27.3 Å². The molecule has 0 amide bonds. The van der Waals surface area contributed by atoms with Crippen LogP contribution in [0.4, 0.5) is 22.0 Å². The van der Waals surface area contributed by atoms with Gasteiger partial charge in [-0.1, -0.05) is 12.1 Å². The van der Waals surface area contributed by atoms with Crippen molar-refractivity contribution in [2.24, 2.45) is 5.14 Å². The SMILES string of the molecule is NS(=O)(=O)c1ccc(C2=C(c3ccc(C(F)(F)F)cc3)CC(F)(F)C2)nc1. The summed E-state index contributed by atoms with van der Waals surface area (Å²) in [6.07, 6.45) is -4.86. The van der Waals surface area contributed by atoms with Crippen LogP contribution >= 0.6 is 0 Å². The molecule has 0 fully saturated rings. The zero-order chi connectivity index (χ0) is 20.0. The lowest BCUT2D eigenvalue weighted by Gasteiger charge is -2.10. The summed E-state index contributed by atoms with van der Waals surface area (Å²) in [6.45, 7) is 0. The van der Waals surface area contributed by atoms with Gasteiger partial charge in [-0.25, -0.2) is 22.3 Å². The molecule has 10 heteroatoms. The highest BCUT2D eigenvalue weighted by molar-refractivity contribution is 7.89. The number of aromatic nitrogens is 1. The van der Waals surface area contributed by atoms with Crippen LogP contribution in [0.5, 0.6) is 0 Å². The number of hydrogen-bond acceptors (Lipinski definition) is 3. The summed E-state index contributed by atoms with van der Waals surface area (Å²) in [7, 11) is -3.98. The molecule has 2 aromatic rings. The highest BCUT2D eigenvalue weighted by Crippen LogP contribution is 2.47. The number of nitrogens with zero attached hydrogens (tertiary/aromatic N) is 1. The Morgan fingerprint density at radius 2 is 1.56 bits per heavy atom. The molecule has 0 saturated carbocycles. The number of sulfonamides is 1. The van der Waals surface area contributed by atoms with E-state index in [4.69, 9.17) is 5.14 Å². The summed E-state index contributed by atoms with van der Waals surface area (Å²) in [5.41, 5.74) is -0.207. The number of alkyl halides is 5. The molecule has 0 spiro atoms. The first-order chi connectivity index (χ1) is 12.4. The maximum absolute atomic E-state index is 14.0. The largest absolute Gasteiger partial charge is 0.416 e. The van der Waals surface area contributed by atoms with Gasteiger partial charge in [-0.2, -0.15) is 13.2 Å². The van der Waals surface area contributed by atoms with E-state index in [9.17, 15) is 30.4 Å². The molecule has 144 valence electrons. The molecule has 1 heterocycles. The van der Waals surface area contributed by atoms with Crippen LogP contribution in [-0.2, 0) is 16.2 Å². The van der Waals surface area contributed by atoms with Crippen LogP contribution in [0.15, 0.2) is 47.5 Å². The van der Waals surface area contributed by atoms with Gasteiger partial charge in [0.1, 0.15) is 4.90 Å². The molecule has 27 heavy (non-hydrogen) atoms. The maximum Gasteiger partial charge on any atom is 0.416 e. The predicted molar refractivity (Wildman–Crippen MR) is 88.0 cm³/mol. The average molecular weight is 404 g/mol. The Balaban J connectivity index is 2.04. The Bertz CT molecular complexity index is 995. The topological polar surface area (TPSA) is 73.1 Å². The minimum atomic E-state index is -4.53. The molecule has 2 N–H and O–H groups in total. The van der Waals surface area contributed by atoms with Gasteiger partial charge >= 0.3 is 6.18 Å². The molecular weight excluding hydrogens is 391 g/mol. The second-order valence-electron chi connectivity index (χ2n) is 6.17. The van der Waals surface area contributed by atoms with Crippen molar-refractivity contribution in [2.75, 3.05) is 0 Å². The molecule has 0 aliphatic heterocycles. The first-order valence-corrected chi connectivity index (χ1v) is 9.18. The van der Waals surface area contributed by atoms with Crippen molar-refractivity contribution in [3.05, 3.63) is 59.4 Å². The molecule has 4 nitrogen and oxygen atoms in total. The van der Waals surface area contributed by atoms with Gasteiger partial charge in [0.05, 0.1) is 11.3 Å². The molecule has 0 atom stereocenters. The van der Waals surface area contributed by atoms with Gasteiger partial charge in [-0.3, -0.25) is 4.98 Å². The molecule has 1 aromatic heterocycles. The molecule has 0 radical (unpaired) electrons. The minimum Gasteiger partial charge on any atom is -0.255 e. The van der Waals surface area contributed by atoms with Crippen molar-refractivity contribution in [3.8, 4) is 0 Å². The van der Waals surface area contributed by atoms with Crippen molar-refractivity contribution < 1.29 is 30.4 Å². The Hall–Kier alpha value is -2.33. The van der Waals surface area contributed by atoms with Crippen molar-refractivity contribution in [1.29, 1.82) is 0 Å². The Kier molecular flexibility index (Phi) is 4.59. The lowest BCUT2D eigenvalue weighted by molar-refractivity contribution is -0.137. The fourth-order valence-corrected chi connectivity index (χ4v) is 3.36. The van der Waals surface area contributed by atoms with Crippen LogP contribution < -0.4 is 5.14 Å². The first kappa shape index (κ1) is 19.4. The van der Waals surface area contributed by atoms with Crippen LogP contribution in [0, 0.1) is 0 Å². The third-order valence-corrected chi connectivity index (χ3v) is 5.07. The number of pyridine rings is 1. The van der Waals surface area contributed by atoms with Crippen molar-refractivity contribution in [1.82, 2.24) is 4.98 Å². The fourth-order valence-electron chi connectivity index (χ4n) is 2.90. The van der Waals surface area contributed by atoms with Crippen LogP contribution in [-0.4, -0.2) is 19.3 Å². The minimum absolute atomic E-state index is 0.120. The predicted octanol–water partition coefficient (Wildman–Crippen LogP) is 4.09. The summed E-state index contributed by atoms with van der Waals surface area (Å²) < 4.78 is 88.6. The number of hydrogen-bond donors (Lipinski definition) is 1. The molecule has 1 aliphatic carbocycles. The molecule has 0 saturated heterocycles. The maximum atomic E-state index is 14.0. The lowest BCUT2D eigenvalue weighted by atomic mass is 9.99. The Labute approximate surface area is 151 Å². The standard InChI is InChI=1S/C17H13F5N2O2S/c18-16(19)7-13(10-1-3-11(4-2-10)17(20,21)22)14(8-16)15-6-5-12(9-24-15)27(23,25)26/h1-6,9H,7-8H2,(H2,23,25,26). The van der Waals surface area contributed by atoms with Gasteiger partial charge in [-0.15, -0.1) is 0 Å². The summed E-state index contributed by atoms with van der Waals surface area (Å²) in [6, 6.07) is 6.32. The van der Waals surface area contributed by atoms with E-state index in [0.29, 0.717) is 0 Å². The first-order valence-electron chi connectivity index (χ1n) is 7.63. The van der Waals surface area contributed by atoms with E-state index in [1.807, 2.05) is 0 Å². The fraction of sp³-hybridized carbons (Fsp3) is 0.235. The van der Waals surface area contributed by atoms with Crippen molar-refractivity contribution in [3.63, 3.8) is 0 Å². The van der Waals surface area contributed by atoms with Crippen LogP contribution in [0.1, 0.15) is 29.7 Å². The smallest absolute Gasteiger partial charge is 0.255 e. The van der Waals surface area contributed by atoms with Gasteiger partial charge in [0, 0.05) is 19.0 Å². The van der Waals surface area contributed by atoms with Gasteiger partial charge in [0.25, 0.3) is 5.92 Å². The third-order valence-electron chi connectivity index (χ3n) is 4.17. The number of allylic oxidation sites excluding steroid dienone is 2. The summed E-state index contributed by atoms with van der Waals surface area (Å²) in [5, 5.41) is 4.98. The highest BCUT2D eigenvalue weighted by Gasteiger charge is 2.40. The van der Waals surface area contributed by atoms with Crippen LogP contribution in [0.2, 0.25) is 0 Å².